The summed E-state index contributed by atoms with van der Waals surface area (Å²) in [6.07, 6.45) is 1.49. The Morgan fingerprint density at radius 2 is 2.00 bits per heavy atom. The summed E-state index contributed by atoms with van der Waals surface area (Å²) < 4.78 is 6.59. The number of thiazole rings is 1. The van der Waals surface area contributed by atoms with Crippen molar-refractivity contribution < 1.29 is 14.3 Å². The number of hydrogen-bond acceptors (Lipinski definition) is 5. The number of amides is 2. The summed E-state index contributed by atoms with van der Waals surface area (Å²) in [6.45, 7) is 1.02. The molecule has 1 aliphatic heterocycles. The molecule has 0 radical (unpaired) electrons. The Hall–Kier alpha value is -2.77. The van der Waals surface area contributed by atoms with Crippen LogP contribution in [0.3, 0.4) is 0 Å². The van der Waals surface area contributed by atoms with Crippen molar-refractivity contribution in [2.45, 2.75) is 19.4 Å². The molecule has 0 aliphatic carbocycles. The maximum Gasteiger partial charge on any atom is 0.250 e. The van der Waals surface area contributed by atoms with Gasteiger partial charge in [0.1, 0.15) is 11.6 Å². The lowest BCUT2D eigenvalue weighted by molar-refractivity contribution is -0.121. The smallest absolute Gasteiger partial charge is 0.250 e. The van der Waals surface area contributed by atoms with Gasteiger partial charge >= 0.3 is 0 Å². The quantitative estimate of drug-likeness (QED) is 0.708. The molecule has 1 aromatic heterocycles. The average Bonchev–Trinajstić information content (AvgIpc) is 3.28. The van der Waals surface area contributed by atoms with Crippen LogP contribution >= 0.6 is 11.3 Å². The first kappa shape index (κ1) is 17.6. The lowest BCUT2D eigenvalue weighted by Crippen LogP contribution is -2.23. The van der Waals surface area contributed by atoms with E-state index in [9.17, 15) is 9.59 Å². The van der Waals surface area contributed by atoms with Gasteiger partial charge in [-0.15, -0.1) is 11.3 Å². The highest BCUT2D eigenvalue weighted by Gasteiger charge is 2.21. The van der Waals surface area contributed by atoms with Crippen LogP contribution in [0.1, 0.15) is 17.8 Å². The Kier molecular flexibility index (Phi) is 5.13. The van der Waals surface area contributed by atoms with Gasteiger partial charge in [0.05, 0.1) is 16.8 Å². The third-order valence-corrected chi connectivity index (χ3v) is 5.34. The van der Waals surface area contributed by atoms with Gasteiger partial charge in [0, 0.05) is 24.3 Å². The Balaban J connectivity index is 1.27. The molecule has 1 saturated heterocycles. The van der Waals surface area contributed by atoms with Crippen LogP contribution in [0.15, 0.2) is 48.5 Å². The minimum atomic E-state index is -0.221. The molecular formula is C20H19N3O3S. The summed E-state index contributed by atoms with van der Waals surface area (Å²) in [6, 6.07) is 15.2. The maximum absolute atomic E-state index is 12.1. The first-order valence-electron chi connectivity index (χ1n) is 8.81. The molecule has 2 amide bonds. The highest BCUT2D eigenvalue weighted by Crippen LogP contribution is 2.23. The number of carbonyl (C=O) groups is 2. The van der Waals surface area contributed by atoms with Crippen LogP contribution in [0.5, 0.6) is 0 Å². The molecule has 4 rings (SSSR count). The normalized spacial score (nSPS) is 14.1. The molecule has 6 nitrogen and oxygen atoms in total. The second-order valence-electron chi connectivity index (χ2n) is 6.31. The van der Waals surface area contributed by atoms with Crippen molar-refractivity contribution in [1.29, 1.82) is 0 Å². The van der Waals surface area contributed by atoms with Crippen LogP contribution in [0.25, 0.3) is 10.2 Å². The van der Waals surface area contributed by atoms with E-state index in [1.807, 2.05) is 36.4 Å². The van der Waals surface area contributed by atoms with Gasteiger partial charge in [-0.2, -0.15) is 0 Å². The van der Waals surface area contributed by atoms with Gasteiger partial charge in [0.15, 0.2) is 0 Å². The minimum Gasteiger partial charge on any atom is -0.364 e. The van der Waals surface area contributed by atoms with Gasteiger partial charge in [-0.1, -0.05) is 12.1 Å². The molecule has 7 heteroatoms. The second kappa shape index (κ2) is 7.85. The molecule has 2 aromatic carbocycles. The monoisotopic (exact) mass is 381 g/mol. The van der Waals surface area contributed by atoms with Crippen molar-refractivity contribution in [2.75, 3.05) is 23.4 Å². The van der Waals surface area contributed by atoms with E-state index in [1.165, 1.54) is 0 Å². The first-order chi connectivity index (χ1) is 13.2. The van der Waals surface area contributed by atoms with Crippen LogP contribution in [0, 0.1) is 0 Å². The van der Waals surface area contributed by atoms with Crippen molar-refractivity contribution in [3.8, 4) is 0 Å². The van der Waals surface area contributed by atoms with E-state index in [0.717, 1.165) is 33.9 Å². The van der Waals surface area contributed by atoms with Gasteiger partial charge in [-0.25, -0.2) is 4.98 Å². The molecule has 2 heterocycles. The average molecular weight is 381 g/mol. The van der Waals surface area contributed by atoms with Crippen LogP contribution in [-0.2, 0) is 20.9 Å². The van der Waals surface area contributed by atoms with Crippen LogP contribution in [-0.4, -0.2) is 29.9 Å². The number of nitrogens with zero attached hydrogens (tertiary/aromatic N) is 2. The molecule has 0 saturated carbocycles. The van der Waals surface area contributed by atoms with Gasteiger partial charge < -0.3 is 15.0 Å². The Labute approximate surface area is 160 Å². The molecular weight excluding hydrogens is 362 g/mol. The van der Waals surface area contributed by atoms with Crippen LogP contribution in [0.4, 0.5) is 11.4 Å². The fourth-order valence-corrected chi connectivity index (χ4v) is 3.96. The molecule has 1 aliphatic rings. The standard InChI is InChI=1S/C20H19N3O3S/c24-18(12-26-13-19-22-16-4-1-2-5-17(16)27-19)21-14-7-9-15(10-8-14)23-11-3-6-20(23)25/h1-2,4-5,7-10H,3,6,11-13H2,(H,21,24). The third-order valence-electron chi connectivity index (χ3n) is 4.33. The number of carbonyl (C=O) groups excluding carboxylic acids is 2. The highest BCUT2D eigenvalue weighted by atomic mass is 32.1. The van der Waals surface area contributed by atoms with E-state index >= 15 is 0 Å². The summed E-state index contributed by atoms with van der Waals surface area (Å²) in [5.41, 5.74) is 2.49. The number of para-hydroxylation sites is 1. The number of fused-ring (bicyclic) bond motifs is 1. The largest absolute Gasteiger partial charge is 0.364 e. The summed E-state index contributed by atoms with van der Waals surface area (Å²) in [7, 11) is 0. The molecule has 0 atom stereocenters. The predicted molar refractivity (Wildman–Crippen MR) is 106 cm³/mol. The van der Waals surface area contributed by atoms with Crippen molar-refractivity contribution in [3.05, 3.63) is 53.5 Å². The SMILES string of the molecule is O=C(COCc1nc2ccccc2s1)Nc1ccc(N2CCCC2=O)cc1. The number of aromatic nitrogens is 1. The zero-order valence-corrected chi connectivity index (χ0v) is 15.5. The number of benzene rings is 2. The van der Waals surface area contributed by atoms with E-state index in [2.05, 4.69) is 10.3 Å². The van der Waals surface area contributed by atoms with Crippen LogP contribution < -0.4 is 10.2 Å². The van der Waals surface area contributed by atoms with Crippen molar-refractivity contribution in [2.24, 2.45) is 0 Å². The highest BCUT2D eigenvalue weighted by molar-refractivity contribution is 7.18. The van der Waals surface area contributed by atoms with E-state index in [1.54, 1.807) is 28.4 Å². The second-order valence-corrected chi connectivity index (χ2v) is 7.43. The first-order valence-corrected chi connectivity index (χ1v) is 9.63. The predicted octanol–water partition coefficient (Wildman–Crippen LogP) is 3.58. The molecule has 0 spiro atoms. The Bertz CT molecular complexity index is 935. The fraction of sp³-hybridized carbons (Fsp3) is 0.250. The van der Waals surface area contributed by atoms with E-state index in [0.29, 0.717) is 18.7 Å². The third kappa shape index (κ3) is 4.15. The zero-order chi connectivity index (χ0) is 18.6. The lowest BCUT2D eigenvalue weighted by atomic mass is 10.2. The molecule has 3 aromatic rings. The molecule has 27 heavy (non-hydrogen) atoms. The van der Waals surface area contributed by atoms with Crippen molar-refractivity contribution in [1.82, 2.24) is 4.98 Å². The number of hydrogen-bond donors (Lipinski definition) is 1. The summed E-state index contributed by atoms with van der Waals surface area (Å²) >= 11 is 1.57. The number of ether oxygens (including phenoxy) is 1. The fourth-order valence-electron chi connectivity index (χ4n) is 3.06. The van der Waals surface area contributed by atoms with E-state index in [4.69, 9.17) is 4.74 Å². The van der Waals surface area contributed by atoms with Crippen LogP contribution in [0.2, 0.25) is 0 Å². The van der Waals surface area contributed by atoms with Gasteiger partial charge in [-0.05, 0) is 42.8 Å². The summed E-state index contributed by atoms with van der Waals surface area (Å²) in [4.78, 5) is 30.1. The molecule has 1 N–H and O–H groups in total. The molecule has 138 valence electrons. The maximum atomic E-state index is 12.1. The number of nitrogens with one attached hydrogen (secondary N) is 1. The van der Waals surface area contributed by atoms with Gasteiger partial charge in [0.25, 0.3) is 0 Å². The van der Waals surface area contributed by atoms with Gasteiger partial charge in [-0.3, -0.25) is 9.59 Å². The number of rotatable bonds is 6. The Morgan fingerprint density at radius 3 is 2.74 bits per heavy atom. The molecule has 1 fully saturated rings. The van der Waals surface area contributed by atoms with E-state index < -0.39 is 0 Å². The molecule has 0 bridgehead atoms. The summed E-state index contributed by atoms with van der Waals surface area (Å²) in [5.74, 6) is -0.0730. The Morgan fingerprint density at radius 1 is 1.19 bits per heavy atom. The van der Waals surface area contributed by atoms with Crippen molar-refractivity contribution >= 4 is 44.7 Å². The topological polar surface area (TPSA) is 71.5 Å². The molecule has 0 unspecified atom stereocenters. The minimum absolute atomic E-state index is 0.0394. The lowest BCUT2D eigenvalue weighted by Gasteiger charge is -2.16. The van der Waals surface area contributed by atoms with E-state index in [-0.39, 0.29) is 18.4 Å². The summed E-state index contributed by atoms with van der Waals surface area (Å²) in [5, 5.41) is 3.65. The zero-order valence-electron chi connectivity index (χ0n) is 14.7. The van der Waals surface area contributed by atoms with Gasteiger partial charge in [0.2, 0.25) is 11.8 Å². The number of anilines is 2. The van der Waals surface area contributed by atoms with Crippen molar-refractivity contribution in [3.63, 3.8) is 0 Å².